The fourth-order valence-electron chi connectivity index (χ4n) is 4.44. The molecule has 0 bridgehead atoms. The van der Waals surface area contributed by atoms with Gasteiger partial charge in [-0.05, 0) is 85.3 Å². The van der Waals surface area contributed by atoms with E-state index in [-0.39, 0.29) is 24.2 Å². The zero-order valence-electron chi connectivity index (χ0n) is 17.7. The van der Waals surface area contributed by atoms with Crippen LogP contribution in [0.15, 0.2) is 42.5 Å². The highest BCUT2D eigenvalue weighted by Crippen LogP contribution is 2.35. The van der Waals surface area contributed by atoms with Crippen LogP contribution in [0.25, 0.3) is 0 Å². The summed E-state index contributed by atoms with van der Waals surface area (Å²) in [6.45, 7) is 0.500. The van der Waals surface area contributed by atoms with Gasteiger partial charge in [-0.3, -0.25) is 0 Å². The molecular weight excluding hydrogens is 451 g/mol. The summed E-state index contributed by atoms with van der Waals surface area (Å²) in [5.74, 6) is 0.965. The topological polar surface area (TPSA) is 72.2 Å². The van der Waals surface area contributed by atoms with Crippen LogP contribution < -0.4 is 10.5 Å². The molecule has 0 saturated heterocycles. The molecule has 2 unspecified atom stereocenters. The van der Waals surface area contributed by atoms with E-state index in [1.165, 1.54) is 22.3 Å². The Labute approximate surface area is 197 Å². The van der Waals surface area contributed by atoms with Gasteiger partial charge in [-0.2, -0.15) is 0 Å². The normalized spacial score (nSPS) is 20.7. The first-order valence-electron chi connectivity index (χ1n) is 11.0. The number of hydrogen-bond acceptors (Lipinski definition) is 3. The van der Waals surface area contributed by atoms with Crippen LogP contribution in [-0.4, -0.2) is 26.8 Å². The van der Waals surface area contributed by atoms with Crippen molar-refractivity contribution in [1.29, 1.82) is 0 Å². The average Bonchev–Trinajstić information content (AvgIpc) is 3.52. The van der Waals surface area contributed by atoms with Gasteiger partial charge in [0.2, 0.25) is 10.0 Å². The van der Waals surface area contributed by atoms with Crippen molar-refractivity contribution >= 4 is 34.0 Å². The van der Waals surface area contributed by atoms with Gasteiger partial charge in [-0.25, -0.2) is 13.1 Å². The lowest BCUT2D eigenvalue weighted by molar-refractivity contribution is 0.467. The first-order chi connectivity index (χ1) is 14.4. The van der Waals surface area contributed by atoms with Gasteiger partial charge < -0.3 is 5.73 Å². The molecule has 0 aromatic heterocycles. The third-order valence-corrected chi connectivity index (χ3v) is 8.16. The molecule has 3 N–H and O–H groups in total. The van der Waals surface area contributed by atoms with Gasteiger partial charge in [-0.1, -0.05) is 41.9 Å². The van der Waals surface area contributed by atoms with E-state index in [4.69, 9.17) is 17.3 Å². The SMILES string of the molecule is Cl.NC1CCc2ccc(CCCNS(=O)(=O)CC3CC3)cc2C1Cc1ccc(Cl)cc1. The number of nitrogens with two attached hydrogens (primary N) is 1. The van der Waals surface area contributed by atoms with Crippen LogP contribution in [0, 0.1) is 5.92 Å². The summed E-state index contributed by atoms with van der Waals surface area (Å²) in [6.07, 6.45) is 6.71. The maximum Gasteiger partial charge on any atom is 0.211 e. The molecule has 4 nitrogen and oxygen atoms in total. The lowest BCUT2D eigenvalue weighted by Gasteiger charge is -2.32. The Morgan fingerprint density at radius 1 is 1.03 bits per heavy atom. The molecule has 2 atom stereocenters. The molecule has 2 aliphatic rings. The predicted octanol–water partition coefficient (Wildman–Crippen LogP) is 4.62. The van der Waals surface area contributed by atoms with Crippen molar-refractivity contribution < 1.29 is 8.42 Å². The molecular formula is C24H32Cl2N2O2S. The number of hydrogen-bond donors (Lipinski definition) is 2. The van der Waals surface area contributed by atoms with Crippen LogP contribution in [0.3, 0.4) is 0 Å². The number of benzene rings is 2. The number of halogens is 2. The second-order valence-electron chi connectivity index (χ2n) is 8.90. The molecule has 0 spiro atoms. The highest BCUT2D eigenvalue weighted by molar-refractivity contribution is 7.89. The second-order valence-corrected chi connectivity index (χ2v) is 11.2. The van der Waals surface area contributed by atoms with Crippen molar-refractivity contribution in [1.82, 2.24) is 4.72 Å². The van der Waals surface area contributed by atoms with Crippen LogP contribution >= 0.6 is 24.0 Å². The molecule has 1 fully saturated rings. The average molecular weight is 484 g/mol. The third-order valence-electron chi connectivity index (χ3n) is 6.36. The number of nitrogens with one attached hydrogen (secondary N) is 1. The van der Waals surface area contributed by atoms with Gasteiger partial charge in [0.1, 0.15) is 0 Å². The molecule has 2 aromatic carbocycles. The van der Waals surface area contributed by atoms with Crippen LogP contribution in [0.5, 0.6) is 0 Å². The van der Waals surface area contributed by atoms with Crippen LogP contribution in [0.2, 0.25) is 5.02 Å². The molecule has 4 rings (SSSR count). The van der Waals surface area contributed by atoms with Crippen molar-refractivity contribution in [3.63, 3.8) is 0 Å². The molecule has 0 amide bonds. The first-order valence-corrected chi connectivity index (χ1v) is 13.0. The number of fused-ring (bicyclic) bond motifs is 1. The highest BCUT2D eigenvalue weighted by Gasteiger charge is 2.28. The molecule has 1 saturated carbocycles. The van der Waals surface area contributed by atoms with Crippen molar-refractivity contribution in [2.75, 3.05) is 12.3 Å². The molecule has 0 heterocycles. The summed E-state index contributed by atoms with van der Waals surface area (Å²) in [5.41, 5.74) is 11.8. The minimum Gasteiger partial charge on any atom is -0.327 e. The predicted molar refractivity (Wildman–Crippen MR) is 131 cm³/mol. The largest absolute Gasteiger partial charge is 0.327 e. The van der Waals surface area contributed by atoms with Gasteiger partial charge in [0.15, 0.2) is 0 Å². The molecule has 31 heavy (non-hydrogen) atoms. The van der Waals surface area contributed by atoms with E-state index in [0.29, 0.717) is 18.4 Å². The van der Waals surface area contributed by atoms with Crippen molar-refractivity contribution in [2.24, 2.45) is 11.7 Å². The van der Waals surface area contributed by atoms with Crippen LogP contribution in [-0.2, 0) is 29.3 Å². The maximum atomic E-state index is 12.0. The first kappa shape index (κ1) is 24.5. The van der Waals surface area contributed by atoms with Gasteiger partial charge in [0, 0.05) is 23.5 Å². The minimum absolute atomic E-state index is 0. The standard InChI is InChI=1S/C24H31ClN2O2S.ClH/c25-21-10-6-18(7-11-21)15-23-22-14-17(5-8-20(22)9-12-24(23)26)2-1-13-27-30(28,29)16-19-3-4-19;/h5-8,10-11,14,19,23-24,27H,1-4,9,12-13,15-16,26H2;1H. The van der Waals surface area contributed by atoms with E-state index < -0.39 is 10.0 Å². The quantitative estimate of drug-likeness (QED) is 0.511. The maximum absolute atomic E-state index is 12.0. The van der Waals surface area contributed by atoms with Gasteiger partial charge in [-0.15, -0.1) is 12.4 Å². The van der Waals surface area contributed by atoms with Gasteiger partial charge in [0.05, 0.1) is 5.75 Å². The Morgan fingerprint density at radius 3 is 2.45 bits per heavy atom. The van der Waals surface area contributed by atoms with Crippen LogP contribution in [0.1, 0.15) is 53.9 Å². The molecule has 0 aliphatic heterocycles. The van der Waals surface area contributed by atoms with E-state index in [0.717, 1.165) is 50.0 Å². The minimum atomic E-state index is -3.12. The molecule has 7 heteroatoms. The Hall–Kier alpha value is -1.11. The van der Waals surface area contributed by atoms with Gasteiger partial charge >= 0.3 is 0 Å². The van der Waals surface area contributed by atoms with E-state index >= 15 is 0 Å². The number of rotatable bonds is 9. The van der Waals surface area contributed by atoms with E-state index in [9.17, 15) is 8.42 Å². The Balaban J connectivity index is 0.00000272. The fourth-order valence-corrected chi connectivity index (χ4v) is 6.09. The second kappa shape index (κ2) is 10.7. The summed E-state index contributed by atoms with van der Waals surface area (Å²) >= 11 is 6.03. The number of sulfonamides is 1. The van der Waals surface area contributed by atoms with Crippen LogP contribution in [0.4, 0.5) is 0 Å². The zero-order chi connectivity index (χ0) is 21.1. The van der Waals surface area contributed by atoms with Crippen molar-refractivity contribution in [3.8, 4) is 0 Å². The summed E-state index contributed by atoms with van der Waals surface area (Å²) < 4.78 is 26.8. The summed E-state index contributed by atoms with van der Waals surface area (Å²) in [6, 6.07) is 14.9. The summed E-state index contributed by atoms with van der Waals surface area (Å²) in [5, 5.41) is 0.752. The fraction of sp³-hybridized carbons (Fsp3) is 0.500. The van der Waals surface area contributed by atoms with E-state index in [1.54, 1.807) is 0 Å². The molecule has 2 aromatic rings. The Kier molecular flexibility index (Phi) is 8.44. The lowest BCUT2D eigenvalue weighted by Crippen LogP contribution is -2.34. The summed E-state index contributed by atoms with van der Waals surface area (Å²) in [4.78, 5) is 0. The van der Waals surface area contributed by atoms with E-state index in [2.05, 4.69) is 35.1 Å². The molecule has 2 aliphatic carbocycles. The smallest absolute Gasteiger partial charge is 0.211 e. The third kappa shape index (κ3) is 6.93. The van der Waals surface area contributed by atoms with Gasteiger partial charge in [0.25, 0.3) is 0 Å². The lowest BCUT2D eigenvalue weighted by atomic mass is 9.76. The number of aryl methyl sites for hydroxylation is 2. The Bertz CT molecular complexity index is 976. The molecule has 170 valence electrons. The zero-order valence-corrected chi connectivity index (χ0v) is 20.1. The Morgan fingerprint density at radius 2 is 1.74 bits per heavy atom. The van der Waals surface area contributed by atoms with E-state index in [1.807, 2.05) is 12.1 Å². The highest BCUT2D eigenvalue weighted by atomic mass is 35.5. The molecule has 0 radical (unpaired) electrons. The summed E-state index contributed by atoms with van der Waals surface area (Å²) in [7, 11) is -3.12. The van der Waals surface area contributed by atoms with Crippen molar-refractivity contribution in [2.45, 2.75) is 56.9 Å². The van der Waals surface area contributed by atoms with Crippen molar-refractivity contribution in [3.05, 3.63) is 69.7 Å². The monoisotopic (exact) mass is 482 g/mol.